The van der Waals surface area contributed by atoms with Crippen LogP contribution in [-0.4, -0.2) is 19.1 Å². The zero-order chi connectivity index (χ0) is 17.5. The first-order chi connectivity index (χ1) is 11.5. The maximum Gasteiger partial charge on any atom is 0.223 e. The highest BCUT2D eigenvalue weighted by Crippen LogP contribution is 2.28. The Balaban J connectivity index is 1.96. The minimum atomic E-state index is 0.00172. The minimum Gasteiger partial charge on any atom is -0.493 e. The third-order valence-corrected chi connectivity index (χ3v) is 4.70. The lowest BCUT2D eigenvalue weighted by Crippen LogP contribution is -2.22. The van der Waals surface area contributed by atoms with Crippen molar-refractivity contribution in [2.45, 2.75) is 46.0 Å². The molecule has 0 bridgehead atoms. The van der Waals surface area contributed by atoms with E-state index in [-0.39, 0.29) is 17.7 Å². The molecular formula is C20H28ClNO2. The first-order valence-electron chi connectivity index (χ1n) is 8.87. The number of allylic oxidation sites excluding steroid dienone is 2. The van der Waals surface area contributed by atoms with Crippen molar-refractivity contribution < 1.29 is 9.53 Å². The van der Waals surface area contributed by atoms with Crippen molar-refractivity contribution in [3.63, 3.8) is 0 Å². The van der Waals surface area contributed by atoms with E-state index in [2.05, 4.69) is 38.2 Å². The quantitative estimate of drug-likeness (QED) is 0.674. The van der Waals surface area contributed by atoms with Gasteiger partial charge in [-0.25, -0.2) is 0 Å². The molecule has 1 aromatic rings. The monoisotopic (exact) mass is 349 g/mol. The summed E-state index contributed by atoms with van der Waals surface area (Å²) in [5.74, 6) is 1.52. The number of halogens is 1. The van der Waals surface area contributed by atoms with Crippen LogP contribution in [0.1, 0.15) is 51.5 Å². The third-order valence-electron chi connectivity index (χ3n) is 4.48. The number of benzene rings is 1. The Kier molecular flexibility index (Phi) is 7.16. The molecular weight excluding hydrogens is 322 g/mol. The summed E-state index contributed by atoms with van der Waals surface area (Å²) >= 11 is 6.18. The highest BCUT2D eigenvalue weighted by molar-refractivity contribution is 6.30. The van der Waals surface area contributed by atoms with Crippen LogP contribution in [0.4, 0.5) is 0 Å². The number of nitrogens with one attached hydrogen (secondary N) is 1. The molecule has 1 fully saturated rings. The fourth-order valence-electron chi connectivity index (χ4n) is 2.93. The van der Waals surface area contributed by atoms with Crippen molar-refractivity contribution in [1.29, 1.82) is 0 Å². The van der Waals surface area contributed by atoms with Crippen LogP contribution in [0.3, 0.4) is 0 Å². The molecule has 1 heterocycles. The largest absolute Gasteiger partial charge is 0.493 e. The predicted octanol–water partition coefficient (Wildman–Crippen LogP) is 4.95. The molecule has 2 rings (SSSR count). The SMILES string of the molecule is CCC/C=C\C[C@H]1C(=O)NC[C@@H]1COc1cc(Cl)cc(C(C)C)c1. The zero-order valence-corrected chi connectivity index (χ0v) is 15.6. The Morgan fingerprint density at radius 2 is 2.12 bits per heavy atom. The number of ether oxygens (including phenoxy) is 1. The summed E-state index contributed by atoms with van der Waals surface area (Å²) < 4.78 is 5.97. The van der Waals surface area contributed by atoms with Crippen molar-refractivity contribution in [1.82, 2.24) is 5.32 Å². The van der Waals surface area contributed by atoms with Crippen molar-refractivity contribution >= 4 is 17.5 Å². The Morgan fingerprint density at radius 1 is 1.33 bits per heavy atom. The van der Waals surface area contributed by atoms with Gasteiger partial charge in [0.1, 0.15) is 5.75 Å². The van der Waals surface area contributed by atoms with E-state index in [1.807, 2.05) is 18.2 Å². The number of rotatable bonds is 8. The van der Waals surface area contributed by atoms with Gasteiger partial charge in [-0.05, 0) is 42.5 Å². The van der Waals surface area contributed by atoms with Gasteiger partial charge in [-0.15, -0.1) is 0 Å². The lowest BCUT2D eigenvalue weighted by atomic mass is 9.92. The van der Waals surface area contributed by atoms with Gasteiger partial charge in [0, 0.05) is 23.4 Å². The Bertz CT molecular complexity index is 583. The number of hydrogen-bond acceptors (Lipinski definition) is 2. The van der Waals surface area contributed by atoms with Crippen LogP contribution >= 0.6 is 11.6 Å². The molecule has 24 heavy (non-hydrogen) atoms. The van der Waals surface area contributed by atoms with Crippen molar-refractivity contribution in [3.05, 3.63) is 40.9 Å². The number of hydrogen-bond donors (Lipinski definition) is 1. The number of carbonyl (C=O) groups is 1. The Labute approximate surface area is 150 Å². The second kappa shape index (κ2) is 9.12. The summed E-state index contributed by atoms with van der Waals surface area (Å²) in [5.41, 5.74) is 1.16. The number of unbranched alkanes of at least 4 members (excludes halogenated alkanes) is 1. The number of amides is 1. The normalized spacial score (nSPS) is 20.8. The molecule has 0 spiro atoms. The smallest absolute Gasteiger partial charge is 0.223 e. The fourth-order valence-corrected chi connectivity index (χ4v) is 3.16. The lowest BCUT2D eigenvalue weighted by Gasteiger charge is -2.17. The summed E-state index contributed by atoms with van der Waals surface area (Å²) in [6.45, 7) is 7.63. The Morgan fingerprint density at radius 3 is 2.83 bits per heavy atom. The lowest BCUT2D eigenvalue weighted by molar-refractivity contribution is -0.123. The maximum atomic E-state index is 12.0. The molecule has 1 aliphatic heterocycles. The molecule has 0 radical (unpaired) electrons. The van der Waals surface area contributed by atoms with Gasteiger partial charge in [-0.1, -0.05) is 50.9 Å². The molecule has 0 saturated carbocycles. The summed E-state index contributed by atoms with van der Waals surface area (Å²) in [7, 11) is 0. The van der Waals surface area contributed by atoms with E-state index in [0.29, 0.717) is 24.1 Å². The summed E-state index contributed by atoms with van der Waals surface area (Å²) in [5, 5.41) is 3.65. The first kappa shape index (κ1) is 18.9. The molecule has 0 aromatic heterocycles. The van der Waals surface area contributed by atoms with Crippen LogP contribution < -0.4 is 10.1 Å². The standard InChI is InChI=1S/C20H28ClNO2/c1-4-5-6-7-8-19-16(12-22-20(19)23)13-24-18-10-15(14(2)3)9-17(21)11-18/h6-7,9-11,14,16,19H,4-5,8,12-13H2,1-3H3,(H,22,23)/b7-6-/t16-,19-/m1/s1. The van der Waals surface area contributed by atoms with Gasteiger partial charge >= 0.3 is 0 Å². The van der Waals surface area contributed by atoms with Crippen LogP contribution in [0, 0.1) is 11.8 Å². The van der Waals surface area contributed by atoms with E-state index in [1.54, 1.807) is 0 Å². The van der Waals surface area contributed by atoms with Gasteiger partial charge in [-0.3, -0.25) is 4.79 Å². The Hall–Kier alpha value is -1.48. The van der Waals surface area contributed by atoms with Crippen LogP contribution in [0.15, 0.2) is 30.4 Å². The molecule has 4 heteroatoms. The maximum absolute atomic E-state index is 12.0. The molecule has 1 aliphatic rings. The van der Waals surface area contributed by atoms with E-state index in [0.717, 1.165) is 30.6 Å². The molecule has 3 nitrogen and oxygen atoms in total. The second-order valence-electron chi connectivity index (χ2n) is 6.79. The zero-order valence-electron chi connectivity index (χ0n) is 14.8. The number of carbonyl (C=O) groups excluding carboxylic acids is 1. The predicted molar refractivity (Wildman–Crippen MR) is 99.7 cm³/mol. The van der Waals surface area contributed by atoms with Crippen LogP contribution in [0.25, 0.3) is 0 Å². The highest BCUT2D eigenvalue weighted by Gasteiger charge is 2.34. The molecule has 0 aliphatic carbocycles. The van der Waals surface area contributed by atoms with Crippen molar-refractivity contribution in [3.8, 4) is 5.75 Å². The van der Waals surface area contributed by atoms with Gasteiger partial charge in [-0.2, -0.15) is 0 Å². The topological polar surface area (TPSA) is 38.3 Å². The van der Waals surface area contributed by atoms with E-state index < -0.39 is 0 Å². The minimum absolute atomic E-state index is 0.00172. The van der Waals surface area contributed by atoms with Crippen LogP contribution in [-0.2, 0) is 4.79 Å². The molecule has 1 aromatic carbocycles. The van der Waals surface area contributed by atoms with Crippen molar-refractivity contribution in [2.75, 3.05) is 13.2 Å². The van der Waals surface area contributed by atoms with Gasteiger partial charge in [0.15, 0.2) is 0 Å². The average Bonchev–Trinajstić information content (AvgIpc) is 2.89. The van der Waals surface area contributed by atoms with Crippen LogP contribution in [0.2, 0.25) is 5.02 Å². The summed E-state index contributed by atoms with van der Waals surface area (Å²) in [6, 6.07) is 5.85. The molecule has 2 atom stereocenters. The summed E-state index contributed by atoms with van der Waals surface area (Å²) in [6.07, 6.45) is 7.27. The van der Waals surface area contributed by atoms with Gasteiger partial charge in [0.2, 0.25) is 5.91 Å². The molecule has 1 saturated heterocycles. The molecule has 1 amide bonds. The molecule has 1 N–H and O–H groups in total. The second-order valence-corrected chi connectivity index (χ2v) is 7.23. The van der Waals surface area contributed by atoms with Crippen LogP contribution in [0.5, 0.6) is 5.75 Å². The van der Waals surface area contributed by atoms with E-state index in [9.17, 15) is 4.79 Å². The van der Waals surface area contributed by atoms with Gasteiger partial charge < -0.3 is 10.1 Å². The highest BCUT2D eigenvalue weighted by atomic mass is 35.5. The van der Waals surface area contributed by atoms with Crippen molar-refractivity contribution in [2.24, 2.45) is 11.8 Å². The summed E-state index contributed by atoms with van der Waals surface area (Å²) in [4.78, 5) is 12.0. The molecule has 0 unspecified atom stereocenters. The van der Waals surface area contributed by atoms with Gasteiger partial charge in [0.05, 0.1) is 6.61 Å². The van der Waals surface area contributed by atoms with E-state index in [1.165, 1.54) is 0 Å². The van der Waals surface area contributed by atoms with E-state index >= 15 is 0 Å². The third kappa shape index (κ3) is 5.27. The average molecular weight is 350 g/mol. The fraction of sp³-hybridized carbons (Fsp3) is 0.550. The van der Waals surface area contributed by atoms with Gasteiger partial charge in [0.25, 0.3) is 0 Å². The first-order valence-corrected chi connectivity index (χ1v) is 9.25. The van der Waals surface area contributed by atoms with E-state index in [4.69, 9.17) is 16.3 Å². The molecule has 132 valence electrons.